The van der Waals surface area contributed by atoms with Gasteiger partial charge in [0.1, 0.15) is 20.0 Å². The van der Waals surface area contributed by atoms with Gasteiger partial charge in [-0.3, -0.25) is 0 Å². The van der Waals surface area contributed by atoms with Gasteiger partial charge in [-0.25, -0.2) is 4.79 Å². The summed E-state index contributed by atoms with van der Waals surface area (Å²) in [4.78, 5) is 28.2. The fourth-order valence-corrected chi connectivity index (χ4v) is 1.50. The van der Waals surface area contributed by atoms with Gasteiger partial charge in [-0.15, -0.1) is 0 Å². The first-order valence-corrected chi connectivity index (χ1v) is 6.22. The van der Waals surface area contributed by atoms with Crippen molar-refractivity contribution >= 4 is 18.6 Å². The van der Waals surface area contributed by atoms with E-state index >= 15 is 0 Å². The number of carbonyl (C=O) groups is 2. The molecule has 0 saturated heterocycles. The van der Waals surface area contributed by atoms with Gasteiger partial charge in [-0.2, -0.15) is 0 Å². The lowest BCUT2D eigenvalue weighted by atomic mass is 10.2. The van der Waals surface area contributed by atoms with Gasteiger partial charge in [-0.1, -0.05) is 35.5 Å². The molecule has 108 valence electrons. The van der Waals surface area contributed by atoms with Crippen LogP contribution in [-0.4, -0.2) is 43.7 Å². The molecule has 0 atom stereocenters. The number of nitrogens with zero attached hydrogens (tertiary/aromatic N) is 2. The summed E-state index contributed by atoms with van der Waals surface area (Å²) in [6, 6.07) is 9.35. The summed E-state index contributed by atoms with van der Waals surface area (Å²) in [6.45, 7) is 0.523. The predicted octanol–water partition coefficient (Wildman–Crippen LogP) is 1.85. The van der Waals surface area contributed by atoms with Crippen molar-refractivity contribution < 1.29 is 19.2 Å². The van der Waals surface area contributed by atoms with E-state index in [0.29, 0.717) is 19.3 Å². The molecular weight excluding hydrogens is 260 g/mol. The number of benzene rings is 1. The summed E-state index contributed by atoms with van der Waals surface area (Å²) in [5, 5.41) is 3.56. The molecule has 0 spiro atoms. The highest BCUT2D eigenvalue weighted by molar-refractivity contribution is 5.72. The molecule has 0 heterocycles. The highest BCUT2D eigenvalue weighted by atomic mass is 16.6. The summed E-state index contributed by atoms with van der Waals surface area (Å²) < 4.78 is 5.15. The Bertz CT molecular complexity index is 434. The molecule has 0 bridgehead atoms. The Morgan fingerprint density at radius 1 is 1.35 bits per heavy atom. The number of hydrogen-bond acceptors (Lipinski definition) is 5. The number of carbonyl (C=O) groups excluding carboxylic acids is 2. The second-order valence-electron chi connectivity index (χ2n) is 3.91. The van der Waals surface area contributed by atoms with Crippen molar-refractivity contribution in [2.75, 3.05) is 20.2 Å². The zero-order valence-corrected chi connectivity index (χ0v) is 11.4. The monoisotopic (exact) mass is 278 g/mol. The molecule has 0 radical (unpaired) electrons. The van der Waals surface area contributed by atoms with Crippen LogP contribution in [0.5, 0.6) is 0 Å². The van der Waals surface area contributed by atoms with Crippen LogP contribution in [0.2, 0.25) is 0 Å². The van der Waals surface area contributed by atoms with Gasteiger partial charge in [0.25, 0.3) is 0 Å². The molecule has 6 nitrogen and oxygen atoms in total. The fourth-order valence-electron chi connectivity index (χ4n) is 1.50. The van der Waals surface area contributed by atoms with Gasteiger partial charge in [0, 0.05) is 19.2 Å². The fraction of sp³-hybridized carbons (Fsp3) is 0.357. The topological polar surface area (TPSA) is 68.2 Å². The Labute approximate surface area is 118 Å². The molecule has 1 amide bonds. The van der Waals surface area contributed by atoms with Crippen molar-refractivity contribution in [3.8, 4) is 0 Å². The van der Waals surface area contributed by atoms with Gasteiger partial charge >= 0.3 is 6.09 Å². The van der Waals surface area contributed by atoms with E-state index in [2.05, 4.69) is 9.99 Å². The second-order valence-corrected chi connectivity index (χ2v) is 3.91. The van der Waals surface area contributed by atoms with E-state index in [1.54, 1.807) is 0 Å². The van der Waals surface area contributed by atoms with Crippen LogP contribution in [0.3, 0.4) is 0 Å². The van der Waals surface area contributed by atoms with Gasteiger partial charge < -0.3 is 19.3 Å². The molecule has 0 aromatic heterocycles. The second kappa shape index (κ2) is 9.55. The number of rotatable bonds is 8. The Morgan fingerprint density at radius 2 is 2.10 bits per heavy atom. The molecule has 6 heteroatoms. The molecule has 20 heavy (non-hydrogen) atoms. The molecule has 0 N–H and O–H groups in total. The van der Waals surface area contributed by atoms with Crippen LogP contribution in [-0.2, 0) is 21.0 Å². The Kier molecular flexibility index (Phi) is 7.49. The highest BCUT2D eigenvalue weighted by Gasteiger charge is 2.13. The summed E-state index contributed by atoms with van der Waals surface area (Å²) >= 11 is 0. The molecule has 1 aromatic carbocycles. The number of hydrogen-bond donors (Lipinski definition) is 0. The molecule has 1 rings (SSSR count). The summed E-state index contributed by atoms with van der Waals surface area (Å²) in [5.74, 6) is 0. The van der Waals surface area contributed by atoms with Crippen molar-refractivity contribution in [3.63, 3.8) is 0 Å². The maximum atomic E-state index is 11.8. The Hall–Kier alpha value is -2.37. The predicted molar refractivity (Wildman–Crippen MR) is 74.4 cm³/mol. The SMILES string of the molecule is CO/N=C/CCN(CC=O)C(=O)OCc1ccccc1. The number of amides is 1. The van der Waals surface area contributed by atoms with E-state index in [9.17, 15) is 9.59 Å². The molecule has 0 aliphatic carbocycles. The lowest BCUT2D eigenvalue weighted by Gasteiger charge is -2.18. The molecule has 0 aliphatic heterocycles. The highest BCUT2D eigenvalue weighted by Crippen LogP contribution is 2.03. The van der Waals surface area contributed by atoms with Crippen LogP contribution in [0.25, 0.3) is 0 Å². The van der Waals surface area contributed by atoms with E-state index in [-0.39, 0.29) is 13.2 Å². The minimum atomic E-state index is -0.522. The third kappa shape index (κ3) is 5.99. The minimum absolute atomic E-state index is 0.00551. The Morgan fingerprint density at radius 3 is 2.75 bits per heavy atom. The average molecular weight is 278 g/mol. The minimum Gasteiger partial charge on any atom is -0.445 e. The van der Waals surface area contributed by atoms with Crippen molar-refractivity contribution in [2.45, 2.75) is 13.0 Å². The smallest absolute Gasteiger partial charge is 0.410 e. The summed E-state index contributed by atoms with van der Waals surface area (Å²) in [6.07, 6.45) is 2.16. The average Bonchev–Trinajstić information content (AvgIpc) is 2.49. The molecule has 0 unspecified atom stereocenters. The number of ether oxygens (including phenoxy) is 1. The maximum Gasteiger partial charge on any atom is 0.410 e. The quantitative estimate of drug-likeness (QED) is 0.413. The van der Waals surface area contributed by atoms with Crippen molar-refractivity contribution in [1.82, 2.24) is 4.90 Å². The van der Waals surface area contributed by atoms with Crippen LogP contribution in [0.15, 0.2) is 35.5 Å². The Balaban J connectivity index is 2.42. The molecule has 0 aliphatic rings. The lowest BCUT2D eigenvalue weighted by Crippen LogP contribution is -2.34. The van der Waals surface area contributed by atoms with E-state index in [1.807, 2.05) is 30.3 Å². The van der Waals surface area contributed by atoms with Crippen LogP contribution in [0.1, 0.15) is 12.0 Å². The first kappa shape index (κ1) is 15.7. The van der Waals surface area contributed by atoms with Crippen LogP contribution in [0.4, 0.5) is 4.79 Å². The third-order valence-corrected chi connectivity index (χ3v) is 2.47. The third-order valence-electron chi connectivity index (χ3n) is 2.47. The summed E-state index contributed by atoms with van der Waals surface area (Å²) in [5.41, 5.74) is 0.896. The van der Waals surface area contributed by atoms with Crippen molar-refractivity contribution in [2.24, 2.45) is 5.16 Å². The van der Waals surface area contributed by atoms with Crippen LogP contribution in [0, 0.1) is 0 Å². The van der Waals surface area contributed by atoms with Gasteiger partial charge in [-0.05, 0) is 5.56 Å². The van der Waals surface area contributed by atoms with E-state index < -0.39 is 6.09 Å². The normalized spacial score (nSPS) is 10.2. The van der Waals surface area contributed by atoms with Crippen molar-refractivity contribution in [1.29, 1.82) is 0 Å². The van der Waals surface area contributed by atoms with Gasteiger partial charge in [0.2, 0.25) is 0 Å². The molecule has 0 fully saturated rings. The maximum absolute atomic E-state index is 11.8. The summed E-state index contributed by atoms with van der Waals surface area (Å²) in [7, 11) is 1.44. The van der Waals surface area contributed by atoms with Crippen LogP contribution >= 0.6 is 0 Å². The van der Waals surface area contributed by atoms with Gasteiger partial charge in [0.05, 0.1) is 6.54 Å². The zero-order chi connectivity index (χ0) is 14.6. The molecular formula is C14H18N2O4. The standard InChI is InChI=1S/C14H18N2O4/c1-19-15-8-5-9-16(10-11-17)14(18)20-12-13-6-3-2-4-7-13/h2-4,6-8,11H,5,9-10,12H2,1H3/b15-8+. The van der Waals surface area contributed by atoms with Gasteiger partial charge in [0.15, 0.2) is 0 Å². The first-order valence-electron chi connectivity index (χ1n) is 6.22. The zero-order valence-electron chi connectivity index (χ0n) is 11.4. The van der Waals surface area contributed by atoms with Crippen molar-refractivity contribution in [3.05, 3.63) is 35.9 Å². The first-order chi connectivity index (χ1) is 9.77. The molecule has 1 aromatic rings. The van der Waals surface area contributed by atoms with E-state index in [1.165, 1.54) is 18.2 Å². The van der Waals surface area contributed by atoms with E-state index in [0.717, 1.165) is 5.56 Å². The largest absolute Gasteiger partial charge is 0.445 e. The van der Waals surface area contributed by atoms with E-state index in [4.69, 9.17) is 4.74 Å². The van der Waals surface area contributed by atoms with Crippen LogP contribution < -0.4 is 0 Å². The number of aldehydes is 1. The lowest BCUT2D eigenvalue weighted by molar-refractivity contribution is -0.108. The molecule has 0 saturated carbocycles. The number of oxime groups is 1.